The molecule has 1 aromatic rings. The summed E-state index contributed by atoms with van der Waals surface area (Å²) < 4.78 is 1.71. The molecule has 1 aromatic heterocycles. The predicted molar refractivity (Wildman–Crippen MR) is 50.7 cm³/mol. The standard InChI is InChI=1S/C8H14N4O/c1-6-5-7(10-12(6)4)9-8(13)11(2)3/h5H,1-4H3,(H,9,10,13). The highest BCUT2D eigenvalue weighted by molar-refractivity contribution is 5.87. The SMILES string of the molecule is Cc1cc(NC(=O)N(C)C)nn1C. The van der Waals surface area contributed by atoms with Gasteiger partial charge in [0, 0.05) is 32.9 Å². The maximum Gasteiger partial charge on any atom is 0.322 e. The minimum Gasteiger partial charge on any atom is -0.331 e. The van der Waals surface area contributed by atoms with Crippen molar-refractivity contribution in [1.82, 2.24) is 14.7 Å². The average Bonchev–Trinajstić information content (AvgIpc) is 2.31. The van der Waals surface area contributed by atoms with Gasteiger partial charge in [0.2, 0.25) is 0 Å². The number of carbonyl (C=O) groups is 1. The van der Waals surface area contributed by atoms with Crippen LogP contribution >= 0.6 is 0 Å². The first kappa shape index (κ1) is 9.57. The molecule has 0 radical (unpaired) electrons. The second kappa shape index (κ2) is 3.47. The Morgan fingerprint density at radius 3 is 2.62 bits per heavy atom. The summed E-state index contributed by atoms with van der Waals surface area (Å²) in [6.07, 6.45) is 0. The van der Waals surface area contributed by atoms with Crippen LogP contribution in [0, 0.1) is 6.92 Å². The number of urea groups is 1. The summed E-state index contributed by atoms with van der Waals surface area (Å²) in [6.45, 7) is 1.93. The molecule has 72 valence electrons. The summed E-state index contributed by atoms with van der Waals surface area (Å²) in [4.78, 5) is 12.7. The molecule has 2 amide bonds. The van der Waals surface area contributed by atoms with Crippen LogP contribution in [0.25, 0.3) is 0 Å². The number of carbonyl (C=O) groups excluding carboxylic acids is 1. The van der Waals surface area contributed by atoms with E-state index in [0.29, 0.717) is 5.82 Å². The van der Waals surface area contributed by atoms with E-state index in [9.17, 15) is 4.79 Å². The number of hydrogen-bond donors (Lipinski definition) is 1. The minimum atomic E-state index is -0.168. The highest BCUT2D eigenvalue weighted by Crippen LogP contribution is 2.06. The molecule has 0 aromatic carbocycles. The van der Waals surface area contributed by atoms with Gasteiger partial charge < -0.3 is 4.90 Å². The molecule has 0 bridgehead atoms. The van der Waals surface area contributed by atoms with E-state index in [2.05, 4.69) is 10.4 Å². The maximum atomic E-state index is 11.2. The number of rotatable bonds is 1. The molecular formula is C8H14N4O. The second-order valence-electron chi connectivity index (χ2n) is 3.12. The first-order valence-corrected chi connectivity index (χ1v) is 3.99. The van der Waals surface area contributed by atoms with Crippen molar-refractivity contribution in [2.24, 2.45) is 7.05 Å². The Bertz CT molecular complexity index is 296. The van der Waals surface area contributed by atoms with E-state index in [1.54, 1.807) is 18.8 Å². The van der Waals surface area contributed by atoms with E-state index in [-0.39, 0.29) is 6.03 Å². The molecule has 0 aliphatic heterocycles. The van der Waals surface area contributed by atoms with Crippen LogP contribution in [-0.2, 0) is 7.05 Å². The van der Waals surface area contributed by atoms with E-state index in [1.165, 1.54) is 4.90 Å². The lowest BCUT2D eigenvalue weighted by Gasteiger charge is -2.09. The number of aromatic nitrogens is 2. The van der Waals surface area contributed by atoms with Crippen molar-refractivity contribution < 1.29 is 4.79 Å². The smallest absolute Gasteiger partial charge is 0.322 e. The Morgan fingerprint density at radius 2 is 2.23 bits per heavy atom. The second-order valence-corrected chi connectivity index (χ2v) is 3.12. The molecule has 1 heterocycles. The highest BCUT2D eigenvalue weighted by Gasteiger charge is 2.06. The van der Waals surface area contributed by atoms with E-state index in [1.807, 2.05) is 20.0 Å². The number of nitrogens with zero attached hydrogens (tertiary/aromatic N) is 3. The molecule has 1 N–H and O–H groups in total. The maximum absolute atomic E-state index is 11.2. The van der Waals surface area contributed by atoms with Crippen LogP contribution in [0.4, 0.5) is 10.6 Å². The third-order valence-electron chi connectivity index (χ3n) is 1.75. The lowest BCUT2D eigenvalue weighted by molar-refractivity contribution is 0.230. The van der Waals surface area contributed by atoms with Gasteiger partial charge in [-0.05, 0) is 6.92 Å². The number of nitrogens with one attached hydrogen (secondary N) is 1. The highest BCUT2D eigenvalue weighted by atomic mass is 16.2. The quantitative estimate of drug-likeness (QED) is 0.699. The Morgan fingerprint density at radius 1 is 1.62 bits per heavy atom. The third kappa shape index (κ3) is 2.21. The summed E-state index contributed by atoms with van der Waals surface area (Å²) in [5.74, 6) is 0.582. The fraction of sp³-hybridized carbons (Fsp3) is 0.500. The average molecular weight is 182 g/mol. The Labute approximate surface area is 77.3 Å². The number of hydrogen-bond acceptors (Lipinski definition) is 2. The van der Waals surface area contributed by atoms with Crippen molar-refractivity contribution in [3.8, 4) is 0 Å². The topological polar surface area (TPSA) is 50.2 Å². The van der Waals surface area contributed by atoms with Gasteiger partial charge >= 0.3 is 6.03 Å². The normalized spacial score (nSPS) is 9.85. The molecule has 0 atom stereocenters. The Kier molecular flexibility index (Phi) is 2.55. The summed E-state index contributed by atoms with van der Waals surface area (Å²) in [7, 11) is 5.21. The van der Waals surface area contributed by atoms with Crippen molar-refractivity contribution in [2.75, 3.05) is 19.4 Å². The molecule has 0 saturated heterocycles. The number of aryl methyl sites for hydroxylation is 2. The van der Waals surface area contributed by atoms with Crippen molar-refractivity contribution in [2.45, 2.75) is 6.92 Å². The van der Waals surface area contributed by atoms with E-state index in [0.717, 1.165) is 5.69 Å². The van der Waals surface area contributed by atoms with Gasteiger partial charge in [-0.3, -0.25) is 10.00 Å². The number of amides is 2. The van der Waals surface area contributed by atoms with Gasteiger partial charge in [-0.2, -0.15) is 5.10 Å². The molecule has 5 heteroatoms. The van der Waals surface area contributed by atoms with Crippen LogP contribution in [0.2, 0.25) is 0 Å². The van der Waals surface area contributed by atoms with E-state index in [4.69, 9.17) is 0 Å². The van der Waals surface area contributed by atoms with Crippen molar-refractivity contribution in [3.63, 3.8) is 0 Å². The largest absolute Gasteiger partial charge is 0.331 e. The van der Waals surface area contributed by atoms with Crippen molar-refractivity contribution >= 4 is 11.8 Å². The van der Waals surface area contributed by atoms with Gasteiger partial charge in [0.25, 0.3) is 0 Å². The first-order chi connectivity index (χ1) is 6.00. The molecule has 13 heavy (non-hydrogen) atoms. The van der Waals surface area contributed by atoms with Crippen LogP contribution in [-0.4, -0.2) is 34.8 Å². The lowest BCUT2D eigenvalue weighted by atomic mass is 10.5. The summed E-state index contributed by atoms with van der Waals surface area (Å²) in [5, 5.41) is 6.75. The molecule has 0 unspecified atom stereocenters. The van der Waals surface area contributed by atoms with Gasteiger partial charge in [0.05, 0.1) is 0 Å². The zero-order valence-electron chi connectivity index (χ0n) is 8.33. The van der Waals surface area contributed by atoms with Gasteiger partial charge in [0.15, 0.2) is 5.82 Å². The Balaban J connectivity index is 2.70. The van der Waals surface area contributed by atoms with Gasteiger partial charge in [-0.15, -0.1) is 0 Å². The fourth-order valence-corrected chi connectivity index (χ4v) is 0.843. The monoisotopic (exact) mass is 182 g/mol. The molecule has 0 spiro atoms. The molecule has 0 aliphatic rings. The zero-order valence-corrected chi connectivity index (χ0v) is 8.33. The lowest BCUT2D eigenvalue weighted by Crippen LogP contribution is -2.27. The van der Waals surface area contributed by atoms with Gasteiger partial charge in [-0.25, -0.2) is 4.79 Å². The Hall–Kier alpha value is -1.52. The fourth-order valence-electron chi connectivity index (χ4n) is 0.843. The molecular weight excluding hydrogens is 168 g/mol. The summed E-state index contributed by atoms with van der Waals surface area (Å²) in [5.41, 5.74) is 1.01. The van der Waals surface area contributed by atoms with Gasteiger partial charge in [0.1, 0.15) is 0 Å². The molecule has 1 rings (SSSR count). The van der Waals surface area contributed by atoms with Crippen LogP contribution in [0.5, 0.6) is 0 Å². The van der Waals surface area contributed by atoms with Crippen molar-refractivity contribution in [1.29, 1.82) is 0 Å². The molecule has 0 fully saturated rings. The summed E-state index contributed by atoms with van der Waals surface area (Å²) in [6, 6.07) is 1.65. The van der Waals surface area contributed by atoms with Crippen LogP contribution in [0.15, 0.2) is 6.07 Å². The van der Waals surface area contributed by atoms with Crippen LogP contribution < -0.4 is 5.32 Å². The zero-order chi connectivity index (χ0) is 10.0. The first-order valence-electron chi connectivity index (χ1n) is 3.99. The van der Waals surface area contributed by atoms with Crippen molar-refractivity contribution in [3.05, 3.63) is 11.8 Å². The van der Waals surface area contributed by atoms with E-state index >= 15 is 0 Å². The molecule has 5 nitrogen and oxygen atoms in total. The predicted octanol–water partition coefficient (Wildman–Crippen LogP) is 0.822. The minimum absolute atomic E-state index is 0.168. The third-order valence-corrected chi connectivity index (χ3v) is 1.75. The van der Waals surface area contributed by atoms with Crippen LogP contribution in [0.3, 0.4) is 0 Å². The molecule has 0 aliphatic carbocycles. The van der Waals surface area contributed by atoms with E-state index < -0.39 is 0 Å². The van der Waals surface area contributed by atoms with Gasteiger partial charge in [-0.1, -0.05) is 0 Å². The number of anilines is 1. The molecule has 0 saturated carbocycles. The van der Waals surface area contributed by atoms with Crippen LogP contribution in [0.1, 0.15) is 5.69 Å². The summed E-state index contributed by atoms with van der Waals surface area (Å²) >= 11 is 0.